The summed E-state index contributed by atoms with van der Waals surface area (Å²) in [6.45, 7) is 5.67. The van der Waals surface area contributed by atoms with Crippen LogP contribution in [0.3, 0.4) is 0 Å². The number of hydrogen-bond donors (Lipinski definition) is 2. The number of carbonyl (C=O) groups excluding carboxylic acids is 4. The second kappa shape index (κ2) is 8.81. The normalized spacial score (nSPS) is 10.6. The van der Waals surface area contributed by atoms with E-state index in [1.807, 2.05) is 5.32 Å². The Hall–Kier alpha value is -2.90. The summed E-state index contributed by atoms with van der Waals surface area (Å²) in [5.74, 6) is -1.33. The van der Waals surface area contributed by atoms with Crippen LogP contribution in [-0.2, 0) is 14.3 Å². The Bertz CT molecular complexity index is 663. The Balaban J connectivity index is 2.35. The Morgan fingerprint density at radius 3 is 2.36 bits per heavy atom. The average molecular weight is 350 g/mol. The molecule has 0 aromatic heterocycles. The Labute approximate surface area is 145 Å². The zero-order valence-corrected chi connectivity index (χ0v) is 14.7. The van der Waals surface area contributed by atoms with Crippen LogP contribution >= 0.6 is 0 Å². The van der Waals surface area contributed by atoms with Crippen molar-refractivity contribution in [2.24, 2.45) is 0 Å². The predicted molar refractivity (Wildman–Crippen MR) is 89.3 cm³/mol. The van der Waals surface area contributed by atoms with Gasteiger partial charge in [-0.25, -0.2) is 9.59 Å². The summed E-state index contributed by atoms with van der Waals surface area (Å²) in [5.41, 5.74) is -0.0429. The minimum Gasteiger partial charge on any atom is -0.482 e. The maximum absolute atomic E-state index is 11.6. The molecule has 0 aliphatic rings. The zero-order chi connectivity index (χ0) is 19.0. The van der Waals surface area contributed by atoms with Crippen molar-refractivity contribution in [1.29, 1.82) is 0 Å². The highest BCUT2D eigenvalue weighted by molar-refractivity contribution is 5.96. The zero-order valence-electron chi connectivity index (χ0n) is 14.7. The molecule has 1 aromatic rings. The number of urea groups is 1. The summed E-state index contributed by atoms with van der Waals surface area (Å²) in [6.07, 6.45) is 0. The van der Waals surface area contributed by atoms with Gasteiger partial charge in [-0.05, 0) is 39.8 Å². The molecule has 0 bridgehead atoms. The number of nitrogens with one attached hydrogen (secondary N) is 2. The summed E-state index contributed by atoms with van der Waals surface area (Å²) in [6, 6.07) is 5.66. The van der Waals surface area contributed by atoms with E-state index in [0.717, 1.165) is 0 Å². The van der Waals surface area contributed by atoms with E-state index in [1.165, 1.54) is 13.0 Å². The molecule has 25 heavy (non-hydrogen) atoms. The third kappa shape index (κ3) is 8.50. The summed E-state index contributed by atoms with van der Waals surface area (Å²) < 4.78 is 9.91. The van der Waals surface area contributed by atoms with Crippen molar-refractivity contribution in [2.75, 3.05) is 13.2 Å². The van der Waals surface area contributed by atoms with Crippen LogP contribution in [0.1, 0.15) is 38.1 Å². The highest BCUT2D eigenvalue weighted by Gasteiger charge is 2.16. The average Bonchev–Trinajstić information content (AvgIpc) is 2.49. The lowest BCUT2D eigenvalue weighted by Crippen LogP contribution is -2.49. The van der Waals surface area contributed by atoms with Crippen molar-refractivity contribution in [3.63, 3.8) is 0 Å². The van der Waals surface area contributed by atoms with E-state index in [-0.39, 0.29) is 5.78 Å². The quantitative estimate of drug-likeness (QED) is 0.593. The van der Waals surface area contributed by atoms with Crippen LogP contribution in [0.2, 0.25) is 0 Å². The van der Waals surface area contributed by atoms with E-state index in [1.54, 1.807) is 39.0 Å². The largest absolute Gasteiger partial charge is 0.482 e. The molecule has 0 saturated carbocycles. The van der Waals surface area contributed by atoms with Gasteiger partial charge in [-0.3, -0.25) is 14.9 Å². The number of rotatable bonds is 6. The van der Waals surface area contributed by atoms with Gasteiger partial charge >= 0.3 is 12.0 Å². The molecule has 0 fully saturated rings. The van der Waals surface area contributed by atoms with Gasteiger partial charge in [0.2, 0.25) is 0 Å². The van der Waals surface area contributed by atoms with Crippen molar-refractivity contribution in [1.82, 2.24) is 10.6 Å². The number of ketones is 1. The number of Topliss-reactive ketones (excluding diaryl/α,β-unsaturated/α-hetero) is 1. The smallest absolute Gasteiger partial charge is 0.344 e. The molecule has 0 atom stereocenters. The number of benzene rings is 1. The first kappa shape index (κ1) is 20.1. The van der Waals surface area contributed by atoms with Crippen LogP contribution in [0.25, 0.3) is 0 Å². The van der Waals surface area contributed by atoms with Gasteiger partial charge in [0.1, 0.15) is 5.75 Å². The molecule has 8 nitrogen and oxygen atoms in total. The van der Waals surface area contributed by atoms with Gasteiger partial charge in [0.15, 0.2) is 19.0 Å². The Morgan fingerprint density at radius 1 is 1.08 bits per heavy atom. The molecule has 8 heteroatoms. The number of carbonyl (C=O) groups is 4. The molecule has 136 valence electrons. The minimum atomic E-state index is -0.778. The van der Waals surface area contributed by atoms with E-state index in [2.05, 4.69) is 5.32 Å². The lowest BCUT2D eigenvalue weighted by Gasteiger charge is -2.20. The first-order chi connectivity index (χ1) is 11.6. The first-order valence-corrected chi connectivity index (χ1v) is 7.58. The summed E-state index contributed by atoms with van der Waals surface area (Å²) in [4.78, 5) is 45.8. The van der Waals surface area contributed by atoms with Crippen molar-refractivity contribution in [2.45, 2.75) is 33.2 Å². The number of esters is 1. The molecular formula is C17H22N2O6. The molecule has 0 heterocycles. The van der Waals surface area contributed by atoms with Crippen molar-refractivity contribution >= 4 is 23.7 Å². The third-order valence-electron chi connectivity index (χ3n) is 2.70. The Morgan fingerprint density at radius 2 is 1.76 bits per heavy atom. The van der Waals surface area contributed by atoms with Crippen molar-refractivity contribution < 1.29 is 28.7 Å². The number of ether oxygens (including phenoxy) is 2. The molecule has 0 saturated heterocycles. The van der Waals surface area contributed by atoms with Gasteiger partial charge in [-0.2, -0.15) is 0 Å². The standard InChI is InChI=1S/C17H22N2O6/c1-11(20)12-6-5-7-13(8-12)24-10-15(22)25-9-14(21)18-16(23)19-17(2,3)4/h5-8H,9-10H2,1-4H3,(H2,18,19,21,23). The highest BCUT2D eigenvalue weighted by Crippen LogP contribution is 2.13. The fourth-order valence-electron chi connectivity index (χ4n) is 1.67. The van der Waals surface area contributed by atoms with E-state index < -0.39 is 36.7 Å². The second-order valence-corrected chi connectivity index (χ2v) is 6.29. The minimum absolute atomic E-state index is 0.127. The molecule has 2 N–H and O–H groups in total. The van der Waals surface area contributed by atoms with E-state index in [9.17, 15) is 19.2 Å². The number of hydrogen-bond acceptors (Lipinski definition) is 6. The number of imide groups is 1. The van der Waals surface area contributed by atoms with Gasteiger partial charge in [0, 0.05) is 11.1 Å². The molecule has 0 radical (unpaired) electrons. The van der Waals surface area contributed by atoms with Crippen molar-refractivity contribution in [3.8, 4) is 5.75 Å². The fourth-order valence-corrected chi connectivity index (χ4v) is 1.67. The van der Waals surface area contributed by atoms with Gasteiger partial charge in [0.25, 0.3) is 5.91 Å². The molecular weight excluding hydrogens is 328 g/mol. The summed E-state index contributed by atoms with van der Waals surface area (Å²) in [5, 5.41) is 4.58. The van der Waals surface area contributed by atoms with Crippen LogP contribution in [0, 0.1) is 0 Å². The van der Waals surface area contributed by atoms with E-state index in [0.29, 0.717) is 11.3 Å². The topological polar surface area (TPSA) is 111 Å². The lowest BCUT2D eigenvalue weighted by atomic mass is 10.1. The first-order valence-electron chi connectivity index (χ1n) is 7.58. The molecule has 0 aliphatic carbocycles. The lowest BCUT2D eigenvalue weighted by molar-refractivity contribution is -0.150. The summed E-state index contributed by atoms with van der Waals surface area (Å²) in [7, 11) is 0. The van der Waals surface area contributed by atoms with Gasteiger partial charge in [0.05, 0.1) is 0 Å². The monoisotopic (exact) mass is 350 g/mol. The van der Waals surface area contributed by atoms with Crippen LogP contribution in [0.4, 0.5) is 4.79 Å². The molecule has 1 aromatic carbocycles. The molecule has 0 spiro atoms. The van der Waals surface area contributed by atoms with Crippen LogP contribution in [0.5, 0.6) is 5.75 Å². The maximum atomic E-state index is 11.6. The third-order valence-corrected chi connectivity index (χ3v) is 2.70. The van der Waals surface area contributed by atoms with Crippen LogP contribution in [0.15, 0.2) is 24.3 Å². The molecule has 3 amide bonds. The van der Waals surface area contributed by atoms with Crippen LogP contribution < -0.4 is 15.4 Å². The van der Waals surface area contributed by atoms with Gasteiger partial charge in [-0.15, -0.1) is 0 Å². The highest BCUT2D eigenvalue weighted by atomic mass is 16.6. The Kier molecular flexibility index (Phi) is 7.10. The number of amides is 3. The SMILES string of the molecule is CC(=O)c1cccc(OCC(=O)OCC(=O)NC(=O)NC(C)(C)C)c1. The fraction of sp³-hybridized carbons (Fsp3) is 0.412. The second-order valence-electron chi connectivity index (χ2n) is 6.29. The van der Waals surface area contributed by atoms with Gasteiger partial charge < -0.3 is 14.8 Å². The van der Waals surface area contributed by atoms with Crippen molar-refractivity contribution in [3.05, 3.63) is 29.8 Å². The summed E-state index contributed by atoms with van der Waals surface area (Å²) >= 11 is 0. The van der Waals surface area contributed by atoms with Gasteiger partial charge in [-0.1, -0.05) is 12.1 Å². The molecule has 1 rings (SSSR count). The molecule has 0 unspecified atom stereocenters. The predicted octanol–water partition coefficient (Wildman–Crippen LogP) is 1.44. The van der Waals surface area contributed by atoms with E-state index >= 15 is 0 Å². The van der Waals surface area contributed by atoms with E-state index in [4.69, 9.17) is 9.47 Å². The maximum Gasteiger partial charge on any atom is 0.344 e. The van der Waals surface area contributed by atoms with Crippen LogP contribution in [-0.4, -0.2) is 42.4 Å². The molecule has 0 aliphatic heterocycles.